The zero-order chi connectivity index (χ0) is 20.6. The number of ether oxygens (including phenoxy) is 2. The quantitative estimate of drug-likeness (QED) is 0.824. The number of methoxy groups -OCH3 is 1. The molecule has 156 valence electrons. The van der Waals surface area contributed by atoms with E-state index >= 15 is 0 Å². The summed E-state index contributed by atoms with van der Waals surface area (Å²) in [7, 11) is 1.63. The summed E-state index contributed by atoms with van der Waals surface area (Å²) < 4.78 is 11.7. The van der Waals surface area contributed by atoms with Crippen LogP contribution in [0.4, 0.5) is 0 Å². The third-order valence-corrected chi connectivity index (χ3v) is 6.55. The minimum atomic E-state index is -0.552. The van der Waals surface area contributed by atoms with Crippen molar-refractivity contribution in [3.05, 3.63) is 58.7 Å². The Morgan fingerprint density at radius 3 is 2.62 bits per heavy atom. The summed E-state index contributed by atoms with van der Waals surface area (Å²) in [4.78, 5) is 2.28. The molecular formula is C24H31NO4. The minimum Gasteiger partial charge on any atom is -0.497 e. The van der Waals surface area contributed by atoms with E-state index in [1.165, 1.54) is 11.1 Å². The van der Waals surface area contributed by atoms with Gasteiger partial charge in [0, 0.05) is 31.6 Å². The average molecular weight is 398 g/mol. The second-order valence-electron chi connectivity index (χ2n) is 8.57. The van der Waals surface area contributed by atoms with Crippen LogP contribution >= 0.6 is 0 Å². The molecule has 2 aliphatic heterocycles. The number of piperidine rings is 1. The zero-order valence-electron chi connectivity index (χ0n) is 17.5. The summed E-state index contributed by atoms with van der Waals surface area (Å²) in [5.74, 6) is 1.59. The van der Waals surface area contributed by atoms with Gasteiger partial charge < -0.3 is 24.6 Å². The predicted octanol–water partition coefficient (Wildman–Crippen LogP) is 3.70. The van der Waals surface area contributed by atoms with Gasteiger partial charge in [0.15, 0.2) is 0 Å². The van der Waals surface area contributed by atoms with Crippen molar-refractivity contribution < 1.29 is 19.7 Å². The van der Waals surface area contributed by atoms with Crippen LogP contribution in [0.1, 0.15) is 53.7 Å². The lowest BCUT2D eigenvalue weighted by Gasteiger charge is -2.46. The van der Waals surface area contributed by atoms with E-state index in [9.17, 15) is 10.2 Å². The van der Waals surface area contributed by atoms with E-state index in [1.54, 1.807) is 7.11 Å². The first-order chi connectivity index (χ1) is 13.9. The molecule has 1 saturated heterocycles. The van der Waals surface area contributed by atoms with Gasteiger partial charge in [-0.1, -0.05) is 12.1 Å². The molecule has 29 heavy (non-hydrogen) atoms. The van der Waals surface area contributed by atoms with E-state index in [0.29, 0.717) is 13.0 Å². The maximum Gasteiger partial charge on any atom is 0.126 e. The Morgan fingerprint density at radius 1 is 1.17 bits per heavy atom. The molecule has 0 bridgehead atoms. The molecule has 4 rings (SSSR count). The highest BCUT2D eigenvalue weighted by Crippen LogP contribution is 2.45. The highest BCUT2D eigenvalue weighted by molar-refractivity contribution is 5.45. The largest absolute Gasteiger partial charge is 0.497 e. The zero-order valence-corrected chi connectivity index (χ0v) is 17.5. The molecular weight excluding hydrogens is 366 g/mol. The van der Waals surface area contributed by atoms with Crippen LogP contribution in [-0.2, 0) is 0 Å². The fraction of sp³-hybridized carbons (Fsp3) is 0.500. The van der Waals surface area contributed by atoms with Gasteiger partial charge in [0.05, 0.1) is 19.3 Å². The van der Waals surface area contributed by atoms with Crippen molar-refractivity contribution in [3.63, 3.8) is 0 Å². The number of aliphatic hydroxyl groups excluding tert-OH is 2. The fourth-order valence-electron chi connectivity index (χ4n) is 4.55. The Labute approximate surface area is 172 Å². The third-order valence-electron chi connectivity index (χ3n) is 6.55. The lowest BCUT2D eigenvalue weighted by Crippen LogP contribution is -2.51. The van der Waals surface area contributed by atoms with E-state index < -0.39 is 12.2 Å². The highest BCUT2D eigenvalue weighted by Gasteiger charge is 2.43. The third kappa shape index (κ3) is 4.13. The maximum atomic E-state index is 10.8. The highest BCUT2D eigenvalue weighted by atomic mass is 16.5. The first kappa shape index (κ1) is 20.2. The molecule has 2 unspecified atom stereocenters. The Bertz CT molecular complexity index is 873. The summed E-state index contributed by atoms with van der Waals surface area (Å²) in [6, 6.07) is 11.7. The minimum absolute atomic E-state index is 0.314. The number of fused-ring (bicyclic) bond motifs is 1. The lowest BCUT2D eigenvalue weighted by atomic mass is 9.81. The van der Waals surface area contributed by atoms with Crippen molar-refractivity contribution in [2.24, 2.45) is 0 Å². The molecule has 2 aromatic rings. The molecule has 5 nitrogen and oxygen atoms in total. The SMILES string of the molecule is COc1cccc(C(O)CN2CCC3(CC2)CC(O)c2cc(C)c(C)cc2O3)c1. The first-order valence-electron chi connectivity index (χ1n) is 10.4. The van der Waals surface area contributed by atoms with Gasteiger partial charge in [-0.25, -0.2) is 0 Å². The molecule has 1 spiro atoms. The van der Waals surface area contributed by atoms with E-state index in [2.05, 4.69) is 30.9 Å². The van der Waals surface area contributed by atoms with Crippen LogP contribution in [0.2, 0.25) is 0 Å². The predicted molar refractivity (Wildman–Crippen MR) is 112 cm³/mol. The number of hydrogen-bond donors (Lipinski definition) is 2. The molecule has 0 amide bonds. The van der Waals surface area contributed by atoms with Gasteiger partial charge in [-0.05, 0) is 67.6 Å². The number of β-amino-alcohol motifs (C(OH)–C–C–N with tert-alkyl or cyclic N) is 1. The monoisotopic (exact) mass is 397 g/mol. The van der Waals surface area contributed by atoms with Crippen molar-refractivity contribution >= 4 is 0 Å². The molecule has 2 N–H and O–H groups in total. The maximum absolute atomic E-state index is 10.8. The second kappa shape index (κ2) is 7.98. The van der Waals surface area contributed by atoms with Gasteiger partial charge in [0.1, 0.15) is 17.1 Å². The molecule has 1 fully saturated rings. The Hall–Kier alpha value is -2.08. The van der Waals surface area contributed by atoms with E-state index in [4.69, 9.17) is 9.47 Å². The van der Waals surface area contributed by atoms with Crippen molar-refractivity contribution in [2.45, 2.75) is 50.9 Å². The number of benzene rings is 2. The molecule has 0 aliphatic carbocycles. The van der Waals surface area contributed by atoms with Crippen LogP contribution in [0, 0.1) is 13.8 Å². The van der Waals surface area contributed by atoms with Crippen molar-refractivity contribution in [2.75, 3.05) is 26.7 Å². The van der Waals surface area contributed by atoms with Crippen LogP contribution < -0.4 is 9.47 Å². The van der Waals surface area contributed by atoms with Crippen molar-refractivity contribution in [1.29, 1.82) is 0 Å². The number of aryl methyl sites for hydroxylation is 2. The first-order valence-corrected chi connectivity index (χ1v) is 10.4. The number of hydrogen-bond acceptors (Lipinski definition) is 5. The van der Waals surface area contributed by atoms with Crippen LogP contribution in [0.15, 0.2) is 36.4 Å². The molecule has 0 aromatic heterocycles. The summed E-state index contributed by atoms with van der Waals surface area (Å²) in [5, 5.41) is 21.4. The van der Waals surface area contributed by atoms with Crippen LogP contribution in [0.25, 0.3) is 0 Å². The topological polar surface area (TPSA) is 62.2 Å². The molecule has 2 aliphatic rings. The summed E-state index contributed by atoms with van der Waals surface area (Å²) in [5.41, 5.74) is 3.84. The summed E-state index contributed by atoms with van der Waals surface area (Å²) >= 11 is 0. The molecule has 0 saturated carbocycles. The number of aliphatic hydroxyl groups is 2. The van der Waals surface area contributed by atoms with E-state index in [1.807, 2.05) is 24.3 Å². The van der Waals surface area contributed by atoms with Gasteiger partial charge >= 0.3 is 0 Å². The fourth-order valence-corrected chi connectivity index (χ4v) is 4.55. The Kier molecular flexibility index (Phi) is 5.56. The van der Waals surface area contributed by atoms with E-state index in [-0.39, 0.29) is 5.60 Å². The average Bonchev–Trinajstić information content (AvgIpc) is 2.71. The van der Waals surface area contributed by atoms with E-state index in [0.717, 1.165) is 48.6 Å². The molecule has 2 heterocycles. The smallest absolute Gasteiger partial charge is 0.126 e. The van der Waals surface area contributed by atoms with Gasteiger partial charge in [-0.2, -0.15) is 0 Å². The van der Waals surface area contributed by atoms with Gasteiger partial charge in [0.2, 0.25) is 0 Å². The lowest BCUT2D eigenvalue weighted by molar-refractivity contribution is -0.0588. The van der Waals surface area contributed by atoms with Crippen LogP contribution in [-0.4, -0.2) is 47.5 Å². The summed E-state index contributed by atoms with van der Waals surface area (Å²) in [6.07, 6.45) is 1.30. The van der Waals surface area contributed by atoms with Gasteiger partial charge in [-0.3, -0.25) is 0 Å². The Morgan fingerprint density at radius 2 is 1.90 bits per heavy atom. The van der Waals surface area contributed by atoms with Crippen LogP contribution in [0.5, 0.6) is 11.5 Å². The molecule has 5 heteroatoms. The molecule has 2 aromatic carbocycles. The summed E-state index contributed by atoms with van der Waals surface area (Å²) in [6.45, 7) is 6.41. The standard InChI is InChI=1S/C24H31NO4/c1-16-11-20-21(26)14-24(29-23(20)12-17(16)2)7-9-25(10-8-24)15-22(27)18-5-4-6-19(13-18)28-3/h4-6,11-13,21-22,26-27H,7-10,14-15H2,1-3H3. The van der Waals surface area contributed by atoms with Crippen molar-refractivity contribution in [3.8, 4) is 11.5 Å². The number of likely N-dealkylation sites (tertiary alicyclic amines) is 1. The van der Waals surface area contributed by atoms with Gasteiger partial charge in [-0.15, -0.1) is 0 Å². The molecule has 0 radical (unpaired) electrons. The number of nitrogens with zero attached hydrogens (tertiary/aromatic N) is 1. The molecule has 2 atom stereocenters. The Balaban J connectivity index is 1.40. The normalized spacial score (nSPS) is 22.0. The van der Waals surface area contributed by atoms with Gasteiger partial charge in [0.25, 0.3) is 0 Å². The second-order valence-corrected chi connectivity index (χ2v) is 8.57. The number of rotatable bonds is 4. The van der Waals surface area contributed by atoms with Crippen LogP contribution in [0.3, 0.4) is 0 Å². The van der Waals surface area contributed by atoms with Crippen molar-refractivity contribution in [1.82, 2.24) is 4.90 Å².